The Bertz CT molecular complexity index is 671. The molecule has 0 fully saturated rings. The fraction of sp³-hybridized carbons (Fsp3) is 0. The smallest absolute Gasteiger partial charge is 0.342 e. The summed E-state index contributed by atoms with van der Waals surface area (Å²) in [5, 5.41) is 18.4. The Morgan fingerprint density at radius 1 is 1.28 bits per heavy atom. The van der Waals surface area contributed by atoms with Gasteiger partial charge in [-0.05, 0) is 29.8 Å². The van der Waals surface area contributed by atoms with Crippen molar-refractivity contribution in [3.63, 3.8) is 0 Å². The monoisotopic (exact) mass is 247 g/mol. The van der Waals surface area contributed by atoms with Crippen LogP contribution in [0.25, 0.3) is 0 Å². The number of aromatic nitrogens is 3. The number of phenolic OH excluding ortho intramolecular Hbond substituents is 1. The molecule has 0 saturated carbocycles. The Balaban J connectivity index is 2.09. The second-order valence-corrected chi connectivity index (χ2v) is 3.32. The van der Waals surface area contributed by atoms with Crippen LogP contribution in [0.5, 0.6) is 5.75 Å². The zero-order chi connectivity index (χ0) is 13.0. The summed E-state index contributed by atoms with van der Waals surface area (Å²) in [6, 6.07) is 6.30. The molecule has 2 rings (SSSR count). The maximum absolute atomic E-state index is 11.2. The molecule has 0 aliphatic heterocycles. The summed E-state index contributed by atoms with van der Waals surface area (Å²) in [6.45, 7) is 0. The van der Waals surface area contributed by atoms with E-state index in [0.717, 1.165) is 5.56 Å². The van der Waals surface area contributed by atoms with Gasteiger partial charge in [-0.1, -0.05) is 0 Å². The summed E-state index contributed by atoms with van der Waals surface area (Å²) in [6.07, 6.45) is 1.44. The topological polar surface area (TPSA) is 123 Å². The molecular formula is C10H9N5O3. The molecule has 0 radical (unpaired) electrons. The molecule has 0 unspecified atom stereocenters. The van der Waals surface area contributed by atoms with Crippen LogP contribution in [0.2, 0.25) is 0 Å². The lowest BCUT2D eigenvalue weighted by molar-refractivity contribution is 0.475. The first-order chi connectivity index (χ1) is 8.65. The SMILES string of the molecule is O=c1[nH]nc(N/N=C/c2ccc(O)cc2)c(=O)[nH]1. The van der Waals surface area contributed by atoms with Crippen molar-refractivity contribution in [2.75, 3.05) is 5.43 Å². The highest BCUT2D eigenvalue weighted by Crippen LogP contribution is 2.07. The highest BCUT2D eigenvalue weighted by Gasteiger charge is 1.98. The van der Waals surface area contributed by atoms with E-state index >= 15 is 0 Å². The molecule has 0 bridgehead atoms. The number of nitrogens with one attached hydrogen (secondary N) is 3. The van der Waals surface area contributed by atoms with Crippen LogP contribution >= 0.6 is 0 Å². The number of nitrogens with zero attached hydrogens (tertiary/aromatic N) is 2. The van der Waals surface area contributed by atoms with Crippen LogP contribution in [0.3, 0.4) is 0 Å². The van der Waals surface area contributed by atoms with Gasteiger partial charge in [0, 0.05) is 0 Å². The molecule has 2 aromatic rings. The van der Waals surface area contributed by atoms with Crippen molar-refractivity contribution in [1.29, 1.82) is 0 Å². The Kier molecular flexibility index (Phi) is 3.19. The summed E-state index contributed by atoms with van der Waals surface area (Å²) < 4.78 is 0. The van der Waals surface area contributed by atoms with E-state index in [1.54, 1.807) is 12.1 Å². The fourth-order valence-corrected chi connectivity index (χ4v) is 1.15. The average Bonchev–Trinajstić information content (AvgIpc) is 2.34. The van der Waals surface area contributed by atoms with Gasteiger partial charge in [-0.15, -0.1) is 5.10 Å². The van der Waals surface area contributed by atoms with E-state index in [2.05, 4.69) is 20.7 Å². The van der Waals surface area contributed by atoms with Crippen molar-refractivity contribution in [3.8, 4) is 5.75 Å². The predicted octanol–water partition coefficient (Wildman–Crippen LogP) is -0.390. The maximum Gasteiger partial charge on any atom is 0.342 e. The number of hydrogen-bond donors (Lipinski definition) is 4. The zero-order valence-corrected chi connectivity index (χ0v) is 9.04. The number of anilines is 1. The predicted molar refractivity (Wildman–Crippen MR) is 64.8 cm³/mol. The third kappa shape index (κ3) is 2.82. The Morgan fingerprint density at radius 3 is 2.67 bits per heavy atom. The van der Waals surface area contributed by atoms with Gasteiger partial charge < -0.3 is 5.11 Å². The van der Waals surface area contributed by atoms with Crippen LogP contribution in [-0.2, 0) is 0 Å². The molecule has 1 aromatic carbocycles. The van der Waals surface area contributed by atoms with Gasteiger partial charge in [-0.25, -0.2) is 9.89 Å². The summed E-state index contributed by atoms with van der Waals surface area (Å²) in [5.41, 5.74) is 1.76. The first-order valence-corrected chi connectivity index (χ1v) is 4.92. The number of rotatable bonds is 3. The fourth-order valence-electron chi connectivity index (χ4n) is 1.15. The minimum absolute atomic E-state index is 0.121. The summed E-state index contributed by atoms with van der Waals surface area (Å²) in [7, 11) is 0. The van der Waals surface area contributed by atoms with Gasteiger partial charge in [-0.2, -0.15) is 5.10 Å². The van der Waals surface area contributed by atoms with Crippen molar-refractivity contribution in [1.82, 2.24) is 15.2 Å². The van der Waals surface area contributed by atoms with E-state index < -0.39 is 11.2 Å². The third-order valence-electron chi connectivity index (χ3n) is 1.99. The summed E-state index contributed by atoms with van der Waals surface area (Å²) >= 11 is 0. The van der Waals surface area contributed by atoms with E-state index in [-0.39, 0.29) is 11.6 Å². The van der Waals surface area contributed by atoms with Gasteiger partial charge in [0.1, 0.15) is 5.75 Å². The van der Waals surface area contributed by atoms with Crippen LogP contribution in [0, 0.1) is 0 Å². The number of hydrogen-bond acceptors (Lipinski definition) is 6. The molecule has 4 N–H and O–H groups in total. The first-order valence-electron chi connectivity index (χ1n) is 4.92. The lowest BCUT2D eigenvalue weighted by Crippen LogP contribution is -2.25. The molecule has 1 heterocycles. The van der Waals surface area contributed by atoms with E-state index in [0.29, 0.717) is 0 Å². The van der Waals surface area contributed by atoms with Crippen molar-refractivity contribution in [2.45, 2.75) is 0 Å². The molecule has 0 spiro atoms. The van der Waals surface area contributed by atoms with Crippen LogP contribution in [0.1, 0.15) is 5.56 Å². The van der Waals surface area contributed by atoms with Crippen molar-refractivity contribution < 1.29 is 5.11 Å². The lowest BCUT2D eigenvalue weighted by atomic mass is 10.2. The van der Waals surface area contributed by atoms with Crippen LogP contribution < -0.4 is 16.7 Å². The number of benzene rings is 1. The van der Waals surface area contributed by atoms with E-state index in [9.17, 15) is 9.59 Å². The summed E-state index contributed by atoms with van der Waals surface area (Å²) in [5.74, 6) is 0.0310. The Morgan fingerprint density at radius 2 is 2.00 bits per heavy atom. The lowest BCUT2D eigenvalue weighted by Gasteiger charge is -1.96. The molecule has 1 aromatic heterocycles. The molecule has 92 valence electrons. The quantitative estimate of drug-likeness (QED) is 0.434. The molecule has 8 nitrogen and oxygen atoms in total. The number of aromatic hydroxyl groups is 1. The Hall–Kier alpha value is -2.90. The van der Waals surface area contributed by atoms with Gasteiger partial charge in [0.15, 0.2) is 0 Å². The summed E-state index contributed by atoms with van der Waals surface area (Å²) in [4.78, 5) is 23.9. The van der Waals surface area contributed by atoms with Crippen molar-refractivity contribution >= 4 is 12.0 Å². The second kappa shape index (κ2) is 4.95. The highest BCUT2D eigenvalue weighted by molar-refractivity contribution is 5.80. The van der Waals surface area contributed by atoms with Crippen LogP contribution in [0.15, 0.2) is 39.0 Å². The standard InChI is InChI=1S/C10H9N5O3/c16-7-3-1-6(2-4-7)5-11-13-8-9(17)12-10(18)15-14-8/h1-5,16H,(H,13,14)(H2,12,15,17,18)/b11-5+. The van der Waals surface area contributed by atoms with E-state index in [1.165, 1.54) is 18.3 Å². The number of phenols is 1. The van der Waals surface area contributed by atoms with Gasteiger partial charge in [0.05, 0.1) is 6.21 Å². The third-order valence-corrected chi connectivity index (χ3v) is 1.99. The molecule has 0 saturated heterocycles. The molecule has 18 heavy (non-hydrogen) atoms. The molecule has 0 atom stereocenters. The minimum atomic E-state index is -0.687. The first kappa shape index (κ1) is 11.6. The second-order valence-electron chi connectivity index (χ2n) is 3.32. The zero-order valence-electron chi connectivity index (χ0n) is 9.04. The van der Waals surface area contributed by atoms with Gasteiger partial charge >= 0.3 is 5.69 Å². The molecular weight excluding hydrogens is 238 g/mol. The highest BCUT2D eigenvalue weighted by atomic mass is 16.3. The van der Waals surface area contributed by atoms with Crippen molar-refractivity contribution in [2.24, 2.45) is 5.10 Å². The van der Waals surface area contributed by atoms with Gasteiger partial charge in [-0.3, -0.25) is 15.2 Å². The molecule has 0 aliphatic carbocycles. The number of aromatic amines is 2. The van der Waals surface area contributed by atoms with Gasteiger partial charge in [0.2, 0.25) is 5.82 Å². The number of hydrazone groups is 1. The Labute approximate surface area is 100 Å². The largest absolute Gasteiger partial charge is 0.508 e. The number of H-pyrrole nitrogens is 2. The minimum Gasteiger partial charge on any atom is -0.508 e. The van der Waals surface area contributed by atoms with Gasteiger partial charge in [0.25, 0.3) is 5.56 Å². The molecule has 8 heteroatoms. The average molecular weight is 247 g/mol. The normalized spacial score (nSPS) is 10.7. The van der Waals surface area contributed by atoms with Crippen LogP contribution in [-0.4, -0.2) is 26.5 Å². The van der Waals surface area contributed by atoms with E-state index in [4.69, 9.17) is 5.11 Å². The van der Waals surface area contributed by atoms with Crippen molar-refractivity contribution in [3.05, 3.63) is 50.7 Å². The van der Waals surface area contributed by atoms with Crippen LogP contribution in [0.4, 0.5) is 5.82 Å². The molecule has 0 aliphatic rings. The van der Waals surface area contributed by atoms with E-state index in [1.807, 2.05) is 4.98 Å². The maximum atomic E-state index is 11.2. The molecule has 0 amide bonds.